The third kappa shape index (κ3) is 4.04. The Morgan fingerprint density at radius 1 is 1.28 bits per heavy atom. The molecule has 4 nitrogen and oxygen atoms in total. The number of carboxylic acid groups (broad SMARTS) is 1. The third-order valence-corrected chi connectivity index (χ3v) is 1.84. The summed E-state index contributed by atoms with van der Waals surface area (Å²) in [5.74, 6) is -4.84. The number of carbonyl (C=O) groups excluding carboxylic acids is 1. The van der Waals surface area contributed by atoms with Gasteiger partial charge in [0.05, 0.1) is 0 Å². The van der Waals surface area contributed by atoms with E-state index in [1.165, 1.54) is 0 Å². The first-order valence-corrected chi connectivity index (χ1v) is 4.49. The lowest BCUT2D eigenvalue weighted by atomic mass is 10.1. The maximum absolute atomic E-state index is 13.1. The average molecular weight is 266 g/mol. The number of alkyl halides is 3. The highest BCUT2D eigenvalue weighted by molar-refractivity contribution is 6.33. The van der Waals surface area contributed by atoms with E-state index in [0.717, 1.165) is 6.07 Å². The fraction of sp³-hybridized carbons (Fsp3) is 0.200. The Balaban J connectivity index is 2.95. The summed E-state index contributed by atoms with van der Waals surface area (Å²) in [5.41, 5.74) is -0.482. The Kier molecular flexibility index (Phi) is 3.89. The first kappa shape index (κ1) is 13.9. The van der Waals surface area contributed by atoms with Crippen molar-refractivity contribution in [3.8, 4) is 5.75 Å². The van der Waals surface area contributed by atoms with E-state index in [1.807, 2.05) is 0 Å². The topological polar surface area (TPSA) is 63.6 Å². The van der Waals surface area contributed by atoms with Gasteiger partial charge in [-0.1, -0.05) is 0 Å². The van der Waals surface area contributed by atoms with Crippen LogP contribution in [-0.4, -0.2) is 23.2 Å². The fourth-order valence-corrected chi connectivity index (χ4v) is 1.13. The van der Waals surface area contributed by atoms with Gasteiger partial charge in [0.15, 0.2) is 0 Å². The van der Waals surface area contributed by atoms with Crippen LogP contribution in [0.3, 0.4) is 0 Å². The van der Waals surface area contributed by atoms with Gasteiger partial charge in [-0.2, -0.15) is 0 Å². The van der Waals surface area contributed by atoms with Crippen molar-refractivity contribution in [3.05, 3.63) is 29.6 Å². The number of hydrogen-bond acceptors (Lipinski definition) is 3. The number of aliphatic carboxylic acids is 1. The van der Waals surface area contributed by atoms with Crippen LogP contribution < -0.4 is 4.74 Å². The molecule has 0 atom stereocenters. The van der Waals surface area contributed by atoms with Gasteiger partial charge in [-0.3, -0.25) is 4.79 Å². The summed E-state index contributed by atoms with van der Waals surface area (Å²) in [4.78, 5) is 21.1. The molecule has 0 saturated heterocycles. The second kappa shape index (κ2) is 5.03. The van der Waals surface area contributed by atoms with Crippen LogP contribution in [0.25, 0.3) is 0 Å². The fourth-order valence-electron chi connectivity index (χ4n) is 1.13. The molecular formula is C10H6F4O4. The number of carboxylic acids is 1. The lowest BCUT2D eigenvalue weighted by molar-refractivity contribution is -0.274. The molecule has 1 rings (SSSR count). The number of carbonyl (C=O) groups is 2. The average Bonchev–Trinajstić information content (AvgIpc) is 2.20. The van der Waals surface area contributed by atoms with Crippen molar-refractivity contribution in [1.29, 1.82) is 0 Å². The van der Waals surface area contributed by atoms with Crippen molar-refractivity contribution in [2.75, 3.05) is 0 Å². The van der Waals surface area contributed by atoms with Gasteiger partial charge >= 0.3 is 12.3 Å². The van der Waals surface area contributed by atoms with Gasteiger partial charge in [-0.25, -0.2) is 9.18 Å². The minimum Gasteiger partial charge on any atom is -0.475 e. The van der Waals surface area contributed by atoms with Crippen molar-refractivity contribution in [1.82, 2.24) is 0 Å². The highest BCUT2D eigenvalue weighted by atomic mass is 19.4. The molecule has 98 valence electrons. The summed E-state index contributed by atoms with van der Waals surface area (Å²) in [6.07, 6.45) is -5.80. The quantitative estimate of drug-likeness (QED) is 0.668. The molecular weight excluding hydrogens is 260 g/mol. The zero-order chi connectivity index (χ0) is 13.9. The second-order valence-electron chi connectivity index (χ2n) is 3.21. The van der Waals surface area contributed by atoms with Gasteiger partial charge in [-0.05, 0) is 23.8 Å². The smallest absolute Gasteiger partial charge is 0.475 e. The van der Waals surface area contributed by atoms with Crippen LogP contribution in [0.2, 0.25) is 0 Å². The van der Waals surface area contributed by atoms with Crippen molar-refractivity contribution >= 4 is 11.8 Å². The van der Waals surface area contributed by atoms with Crippen LogP contribution in [0.5, 0.6) is 5.75 Å². The van der Waals surface area contributed by atoms with Crippen LogP contribution in [0.15, 0.2) is 18.2 Å². The van der Waals surface area contributed by atoms with E-state index in [2.05, 4.69) is 4.74 Å². The molecule has 0 aliphatic rings. The number of rotatable bonds is 4. The molecule has 0 heterocycles. The van der Waals surface area contributed by atoms with E-state index in [4.69, 9.17) is 5.11 Å². The lowest BCUT2D eigenvalue weighted by Gasteiger charge is -2.10. The standard InChI is InChI=1S/C10H6F4O4/c11-7-2-1-6(18-10(12,13)14)3-5(7)4-8(15)9(16)17/h1-3H,4H2,(H,16,17). The van der Waals surface area contributed by atoms with Crippen molar-refractivity contribution in [2.45, 2.75) is 12.8 Å². The summed E-state index contributed by atoms with van der Waals surface area (Å²) in [6.45, 7) is 0. The lowest BCUT2D eigenvalue weighted by Crippen LogP contribution is -2.18. The zero-order valence-corrected chi connectivity index (χ0v) is 8.62. The van der Waals surface area contributed by atoms with Crippen molar-refractivity contribution in [3.63, 3.8) is 0 Å². The van der Waals surface area contributed by atoms with Crippen LogP contribution >= 0.6 is 0 Å². The molecule has 0 unspecified atom stereocenters. The van der Waals surface area contributed by atoms with Crippen LogP contribution in [-0.2, 0) is 16.0 Å². The van der Waals surface area contributed by atoms with E-state index in [9.17, 15) is 27.2 Å². The molecule has 0 saturated carbocycles. The molecule has 1 N–H and O–H groups in total. The number of halogens is 4. The van der Waals surface area contributed by atoms with Crippen LogP contribution in [0.4, 0.5) is 17.6 Å². The van der Waals surface area contributed by atoms with Crippen molar-refractivity contribution in [2.24, 2.45) is 0 Å². The van der Waals surface area contributed by atoms with Gasteiger partial charge in [-0.15, -0.1) is 13.2 Å². The number of ether oxygens (including phenoxy) is 1. The largest absolute Gasteiger partial charge is 0.573 e. The van der Waals surface area contributed by atoms with E-state index >= 15 is 0 Å². The molecule has 0 aliphatic heterocycles. The molecule has 1 aromatic rings. The molecule has 0 amide bonds. The third-order valence-electron chi connectivity index (χ3n) is 1.84. The van der Waals surface area contributed by atoms with Gasteiger partial charge in [0.2, 0.25) is 5.78 Å². The van der Waals surface area contributed by atoms with Crippen molar-refractivity contribution < 1.29 is 37.0 Å². The predicted molar refractivity (Wildman–Crippen MR) is 49.4 cm³/mol. The molecule has 0 aliphatic carbocycles. The maximum Gasteiger partial charge on any atom is 0.573 e. The first-order chi connectivity index (χ1) is 8.19. The molecule has 0 radical (unpaired) electrons. The molecule has 0 bridgehead atoms. The summed E-state index contributed by atoms with van der Waals surface area (Å²) < 4.78 is 52.3. The summed E-state index contributed by atoms with van der Waals surface area (Å²) >= 11 is 0. The molecule has 8 heteroatoms. The van der Waals surface area contributed by atoms with E-state index in [-0.39, 0.29) is 0 Å². The SMILES string of the molecule is O=C(O)C(=O)Cc1cc(OC(F)(F)F)ccc1F. The molecule has 1 aromatic carbocycles. The van der Waals surface area contributed by atoms with Gasteiger partial charge in [0.1, 0.15) is 11.6 Å². The summed E-state index contributed by atoms with van der Waals surface area (Å²) in [5, 5.41) is 8.31. The molecule has 0 aromatic heterocycles. The normalized spacial score (nSPS) is 11.1. The Labute approximate surface area is 97.8 Å². The minimum atomic E-state index is -4.95. The predicted octanol–water partition coefficient (Wildman–Crippen LogP) is 1.92. The molecule has 18 heavy (non-hydrogen) atoms. The minimum absolute atomic E-state index is 0.482. The monoisotopic (exact) mass is 266 g/mol. The van der Waals surface area contributed by atoms with Crippen LogP contribution in [0, 0.1) is 5.82 Å². The first-order valence-electron chi connectivity index (χ1n) is 4.49. The van der Waals surface area contributed by atoms with Gasteiger partial charge < -0.3 is 9.84 Å². The van der Waals surface area contributed by atoms with Crippen LogP contribution in [0.1, 0.15) is 5.56 Å². The van der Waals surface area contributed by atoms with E-state index < -0.39 is 41.7 Å². The summed E-state index contributed by atoms with van der Waals surface area (Å²) in [6, 6.07) is 2.01. The van der Waals surface area contributed by atoms with E-state index in [0.29, 0.717) is 12.1 Å². The maximum atomic E-state index is 13.1. The number of hydrogen-bond donors (Lipinski definition) is 1. The van der Waals surface area contributed by atoms with E-state index in [1.54, 1.807) is 0 Å². The highest BCUT2D eigenvalue weighted by Crippen LogP contribution is 2.24. The Morgan fingerprint density at radius 2 is 1.89 bits per heavy atom. The Morgan fingerprint density at radius 3 is 2.39 bits per heavy atom. The number of Topliss-reactive ketones (excluding diaryl/α,β-unsaturated/α-hetero) is 1. The van der Waals surface area contributed by atoms with Gasteiger partial charge in [0.25, 0.3) is 0 Å². The molecule has 0 spiro atoms. The zero-order valence-electron chi connectivity index (χ0n) is 8.62. The van der Waals surface area contributed by atoms with Gasteiger partial charge in [0, 0.05) is 6.42 Å². The second-order valence-corrected chi connectivity index (χ2v) is 3.21. The number of benzene rings is 1. The Bertz CT molecular complexity index is 481. The Hall–Kier alpha value is -2.12. The molecule has 0 fully saturated rings. The highest BCUT2D eigenvalue weighted by Gasteiger charge is 2.31. The number of ketones is 1. The summed E-state index contributed by atoms with van der Waals surface area (Å²) in [7, 11) is 0.